The number of aliphatic hydroxyl groups is 1. The fourth-order valence-electron chi connectivity index (χ4n) is 1.21. The van der Waals surface area contributed by atoms with E-state index in [1.807, 2.05) is 0 Å². The normalized spacial score (nSPS) is 21.2. The van der Waals surface area contributed by atoms with Crippen LogP contribution in [0, 0.1) is 5.92 Å². The number of carbonyl (C=O) groups is 1. The van der Waals surface area contributed by atoms with Gasteiger partial charge < -0.3 is 15.7 Å². The topological polar surface area (TPSA) is 66.6 Å². The predicted octanol–water partition coefficient (Wildman–Crippen LogP) is -1.22. The first kappa shape index (κ1) is 8.49. The molecule has 0 aromatic heterocycles. The number of rotatable bonds is 2. The summed E-state index contributed by atoms with van der Waals surface area (Å²) in [5.41, 5.74) is 5.25. The third kappa shape index (κ3) is 1.70. The molecular formula is C7H14N2O2. The molecule has 4 nitrogen and oxygen atoms in total. The summed E-state index contributed by atoms with van der Waals surface area (Å²) >= 11 is 0. The molecule has 64 valence electrons. The van der Waals surface area contributed by atoms with Crippen LogP contribution in [0.2, 0.25) is 0 Å². The fraction of sp³-hybridized carbons (Fsp3) is 0.857. The van der Waals surface area contributed by atoms with Crippen molar-refractivity contribution in [2.75, 3.05) is 19.6 Å². The molecule has 1 unspecified atom stereocenters. The summed E-state index contributed by atoms with van der Waals surface area (Å²) in [5, 5.41) is 9.21. The number of amides is 1. The van der Waals surface area contributed by atoms with Crippen LogP contribution in [0.4, 0.5) is 0 Å². The van der Waals surface area contributed by atoms with E-state index in [1.165, 1.54) is 6.92 Å². The smallest absolute Gasteiger partial charge is 0.219 e. The van der Waals surface area contributed by atoms with Gasteiger partial charge in [0.15, 0.2) is 0 Å². The molecule has 4 heteroatoms. The molecule has 1 aliphatic rings. The second-order valence-electron chi connectivity index (χ2n) is 2.99. The lowest BCUT2D eigenvalue weighted by molar-refractivity contribution is -0.137. The summed E-state index contributed by atoms with van der Waals surface area (Å²) in [6, 6.07) is 0. The lowest BCUT2D eigenvalue weighted by Crippen LogP contribution is -2.55. The molecule has 3 N–H and O–H groups in total. The van der Waals surface area contributed by atoms with Crippen molar-refractivity contribution in [2.24, 2.45) is 11.7 Å². The molecule has 1 atom stereocenters. The first-order chi connectivity index (χ1) is 5.15. The molecule has 1 fully saturated rings. The molecule has 0 spiro atoms. The van der Waals surface area contributed by atoms with Gasteiger partial charge in [0.05, 0.1) is 6.10 Å². The lowest BCUT2D eigenvalue weighted by atomic mass is 9.94. The standard InChI is InChI=1S/C7H14N2O2/c1-5(10)9-3-6(4-9)7(11)2-8/h6-7,11H,2-4,8H2,1H3. The average molecular weight is 158 g/mol. The van der Waals surface area contributed by atoms with Crippen LogP contribution in [0.25, 0.3) is 0 Å². The molecule has 0 saturated carbocycles. The Morgan fingerprint density at radius 1 is 1.82 bits per heavy atom. The number of aliphatic hydroxyl groups excluding tert-OH is 1. The second-order valence-corrected chi connectivity index (χ2v) is 2.99. The minimum absolute atomic E-state index is 0.0745. The molecule has 1 heterocycles. The minimum atomic E-state index is -0.439. The Bertz CT molecular complexity index is 155. The second kappa shape index (κ2) is 3.19. The maximum absolute atomic E-state index is 10.7. The van der Waals surface area contributed by atoms with Gasteiger partial charge in [-0.05, 0) is 0 Å². The van der Waals surface area contributed by atoms with E-state index in [1.54, 1.807) is 4.90 Å². The highest BCUT2D eigenvalue weighted by atomic mass is 16.3. The Morgan fingerprint density at radius 3 is 2.73 bits per heavy atom. The average Bonchev–Trinajstić information content (AvgIpc) is 1.83. The van der Waals surface area contributed by atoms with E-state index in [0.29, 0.717) is 13.1 Å². The van der Waals surface area contributed by atoms with Crippen LogP contribution in [0.1, 0.15) is 6.92 Å². The number of carbonyl (C=O) groups excluding carboxylic acids is 1. The third-order valence-electron chi connectivity index (χ3n) is 2.14. The Hall–Kier alpha value is -0.610. The number of nitrogens with two attached hydrogens (primary N) is 1. The molecule has 1 amide bonds. The van der Waals surface area contributed by atoms with Gasteiger partial charge in [-0.2, -0.15) is 0 Å². The van der Waals surface area contributed by atoms with Crippen molar-refractivity contribution < 1.29 is 9.90 Å². The van der Waals surface area contributed by atoms with Crippen molar-refractivity contribution in [1.82, 2.24) is 4.90 Å². The van der Waals surface area contributed by atoms with Gasteiger partial charge in [0, 0.05) is 32.5 Å². The van der Waals surface area contributed by atoms with Crippen LogP contribution in [0.5, 0.6) is 0 Å². The van der Waals surface area contributed by atoms with Gasteiger partial charge in [0.2, 0.25) is 5.91 Å². The Kier molecular flexibility index (Phi) is 2.46. The highest BCUT2D eigenvalue weighted by Crippen LogP contribution is 2.18. The van der Waals surface area contributed by atoms with Crippen molar-refractivity contribution in [2.45, 2.75) is 13.0 Å². The van der Waals surface area contributed by atoms with Crippen LogP contribution in [0.3, 0.4) is 0 Å². The van der Waals surface area contributed by atoms with Gasteiger partial charge in [-0.15, -0.1) is 0 Å². The van der Waals surface area contributed by atoms with E-state index in [-0.39, 0.29) is 18.4 Å². The number of likely N-dealkylation sites (tertiary alicyclic amines) is 1. The van der Waals surface area contributed by atoms with E-state index in [4.69, 9.17) is 5.73 Å². The molecular weight excluding hydrogens is 144 g/mol. The zero-order chi connectivity index (χ0) is 8.43. The molecule has 0 radical (unpaired) electrons. The van der Waals surface area contributed by atoms with Crippen molar-refractivity contribution in [3.05, 3.63) is 0 Å². The summed E-state index contributed by atoms with van der Waals surface area (Å²) in [7, 11) is 0. The van der Waals surface area contributed by atoms with Gasteiger partial charge in [0.25, 0.3) is 0 Å². The number of hydrogen-bond acceptors (Lipinski definition) is 3. The minimum Gasteiger partial charge on any atom is -0.391 e. The zero-order valence-electron chi connectivity index (χ0n) is 6.66. The Balaban J connectivity index is 2.23. The fourth-order valence-corrected chi connectivity index (χ4v) is 1.21. The van der Waals surface area contributed by atoms with Gasteiger partial charge >= 0.3 is 0 Å². The monoisotopic (exact) mass is 158 g/mol. The molecule has 0 aliphatic carbocycles. The molecule has 11 heavy (non-hydrogen) atoms. The Morgan fingerprint density at radius 2 is 2.36 bits per heavy atom. The van der Waals surface area contributed by atoms with Crippen molar-refractivity contribution in [3.63, 3.8) is 0 Å². The van der Waals surface area contributed by atoms with Gasteiger partial charge in [0.1, 0.15) is 0 Å². The quantitative estimate of drug-likeness (QED) is 0.529. The Labute approximate surface area is 66.0 Å². The summed E-state index contributed by atoms with van der Waals surface area (Å²) in [6.07, 6.45) is -0.439. The molecule has 1 saturated heterocycles. The maximum atomic E-state index is 10.7. The highest BCUT2D eigenvalue weighted by Gasteiger charge is 2.32. The summed E-state index contributed by atoms with van der Waals surface area (Å²) in [5.74, 6) is 0.273. The van der Waals surface area contributed by atoms with E-state index in [9.17, 15) is 9.90 Å². The van der Waals surface area contributed by atoms with Gasteiger partial charge in [-0.25, -0.2) is 0 Å². The largest absolute Gasteiger partial charge is 0.391 e. The predicted molar refractivity (Wildman–Crippen MR) is 40.8 cm³/mol. The van der Waals surface area contributed by atoms with Crippen molar-refractivity contribution in [3.8, 4) is 0 Å². The SMILES string of the molecule is CC(=O)N1CC(C(O)CN)C1. The maximum Gasteiger partial charge on any atom is 0.219 e. The summed E-state index contributed by atoms with van der Waals surface area (Å²) in [6.45, 7) is 3.14. The van der Waals surface area contributed by atoms with E-state index >= 15 is 0 Å². The first-order valence-corrected chi connectivity index (χ1v) is 3.78. The molecule has 1 aliphatic heterocycles. The van der Waals surface area contributed by atoms with Crippen molar-refractivity contribution >= 4 is 5.91 Å². The van der Waals surface area contributed by atoms with Crippen LogP contribution >= 0.6 is 0 Å². The van der Waals surface area contributed by atoms with Crippen LogP contribution in [-0.4, -0.2) is 41.7 Å². The van der Waals surface area contributed by atoms with Gasteiger partial charge in [-0.1, -0.05) is 0 Å². The molecule has 0 aromatic carbocycles. The highest BCUT2D eigenvalue weighted by molar-refractivity contribution is 5.74. The number of hydrogen-bond donors (Lipinski definition) is 2. The number of nitrogens with zero attached hydrogens (tertiary/aromatic N) is 1. The first-order valence-electron chi connectivity index (χ1n) is 3.78. The van der Waals surface area contributed by atoms with E-state index in [0.717, 1.165) is 0 Å². The third-order valence-corrected chi connectivity index (χ3v) is 2.14. The lowest BCUT2D eigenvalue weighted by Gasteiger charge is -2.40. The molecule has 1 rings (SSSR count). The summed E-state index contributed by atoms with van der Waals surface area (Å²) < 4.78 is 0. The van der Waals surface area contributed by atoms with Crippen molar-refractivity contribution in [1.29, 1.82) is 0 Å². The summed E-state index contributed by atoms with van der Waals surface area (Å²) in [4.78, 5) is 12.4. The van der Waals surface area contributed by atoms with E-state index < -0.39 is 6.10 Å². The van der Waals surface area contributed by atoms with Crippen LogP contribution in [0.15, 0.2) is 0 Å². The van der Waals surface area contributed by atoms with Gasteiger partial charge in [-0.3, -0.25) is 4.79 Å². The van der Waals surface area contributed by atoms with Crippen LogP contribution in [-0.2, 0) is 4.79 Å². The molecule has 0 aromatic rings. The molecule has 0 bridgehead atoms. The zero-order valence-corrected chi connectivity index (χ0v) is 6.66. The van der Waals surface area contributed by atoms with Crippen LogP contribution < -0.4 is 5.73 Å². The van der Waals surface area contributed by atoms with E-state index in [2.05, 4.69) is 0 Å².